The summed E-state index contributed by atoms with van der Waals surface area (Å²) in [4.78, 5) is 0. The predicted molar refractivity (Wildman–Crippen MR) is 612 cm³/mol. The summed E-state index contributed by atoms with van der Waals surface area (Å²) in [5.74, 6) is 0. The zero-order valence-electron chi connectivity index (χ0n) is 76.7. The van der Waals surface area contributed by atoms with E-state index in [4.69, 9.17) is 0 Å². The van der Waals surface area contributed by atoms with Gasteiger partial charge in [0.2, 0.25) is 0 Å². The summed E-state index contributed by atoms with van der Waals surface area (Å²) in [6.07, 6.45) is 22.2. The summed E-state index contributed by atoms with van der Waals surface area (Å²) in [5, 5.41) is 67.8. The van der Waals surface area contributed by atoms with Gasteiger partial charge in [-0.25, -0.2) is 0 Å². The van der Waals surface area contributed by atoms with Gasteiger partial charge in [0.05, 0.1) is 0 Å². The van der Waals surface area contributed by atoms with Crippen LogP contribution in [0.3, 0.4) is 0 Å². The van der Waals surface area contributed by atoms with Crippen molar-refractivity contribution in [3.63, 3.8) is 0 Å². The largest absolute Gasteiger partial charge is 0.0795 e. The van der Waals surface area contributed by atoms with E-state index in [9.17, 15) is 0 Å². The monoisotopic (exact) mass is 1760 g/mol. The van der Waals surface area contributed by atoms with Crippen LogP contribution in [0.15, 0.2) is 437 Å². The summed E-state index contributed by atoms with van der Waals surface area (Å²) in [5.41, 5.74) is 11.2. The maximum atomic E-state index is 2.37. The molecule has 34 rings (SSSR count). The fraction of sp³-hybridized carbons (Fsp3) is 0.0286. The van der Waals surface area contributed by atoms with E-state index >= 15 is 0 Å². The number of allylic oxidation sites excluding steroid dienone is 4. The molecule has 0 bridgehead atoms. The van der Waals surface area contributed by atoms with Crippen molar-refractivity contribution >= 4 is 304 Å². The number of hydrogen-bond donors (Lipinski definition) is 0. The van der Waals surface area contributed by atoms with Crippen LogP contribution in [0, 0.1) is 0 Å². The molecular weight excluding hydrogens is 1680 g/mol. The quantitative estimate of drug-likeness (QED) is 0.133. The number of rotatable bonds is 0. The lowest BCUT2D eigenvalue weighted by Gasteiger charge is -2.10. The minimum Gasteiger partial charge on any atom is -0.0795 e. The van der Waals surface area contributed by atoms with Crippen LogP contribution in [0.2, 0.25) is 0 Å². The summed E-state index contributed by atoms with van der Waals surface area (Å²) in [7, 11) is 0. The van der Waals surface area contributed by atoms with E-state index in [0.717, 1.165) is 25.7 Å². The molecule has 0 atom stereocenters. The Morgan fingerprint density at radius 2 is 0.171 bits per heavy atom. The number of benzene rings is 30. The fourth-order valence-corrected chi connectivity index (χ4v) is 24.3. The topological polar surface area (TPSA) is 0 Å². The highest BCUT2D eigenvalue weighted by Gasteiger charge is 2.19. The Morgan fingerprint density at radius 1 is 0.0857 bits per heavy atom. The van der Waals surface area contributed by atoms with Crippen LogP contribution >= 0.6 is 0 Å². The maximum absolute atomic E-state index is 2.37. The molecule has 0 heterocycles. The summed E-state index contributed by atoms with van der Waals surface area (Å²) >= 11 is 0. The molecule has 0 radical (unpaired) electrons. The summed E-state index contributed by atoms with van der Waals surface area (Å²) < 4.78 is 0. The molecule has 0 amide bonds. The highest BCUT2D eigenvalue weighted by atomic mass is 14.2. The Labute approximate surface area is 805 Å². The molecule has 0 N–H and O–H groups in total. The first-order valence-corrected chi connectivity index (χ1v) is 49.4. The van der Waals surface area contributed by atoms with Gasteiger partial charge in [-0.15, -0.1) is 0 Å². The van der Waals surface area contributed by atoms with Gasteiger partial charge in [-0.2, -0.15) is 0 Å². The molecule has 0 saturated heterocycles. The zero-order valence-corrected chi connectivity index (χ0v) is 76.7. The Bertz CT molecular complexity index is 11100. The van der Waals surface area contributed by atoms with Crippen LogP contribution in [0.4, 0.5) is 0 Å². The second-order valence-corrected chi connectivity index (χ2v) is 40.4. The van der Waals surface area contributed by atoms with Crippen molar-refractivity contribution in [1.29, 1.82) is 0 Å². The van der Waals surface area contributed by atoms with Gasteiger partial charge in [0, 0.05) is 0 Å². The van der Waals surface area contributed by atoms with Gasteiger partial charge in [0.1, 0.15) is 0 Å². The van der Waals surface area contributed by atoms with E-state index in [1.165, 1.54) is 325 Å². The Balaban J connectivity index is 0.0000000867. The average Bonchev–Trinajstić information content (AvgIpc) is 1.72. The van der Waals surface area contributed by atoms with Gasteiger partial charge in [-0.05, 0) is 641 Å². The van der Waals surface area contributed by atoms with E-state index in [1.807, 2.05) is 0 Å². The average molecular weight is 1770 g/mol. The molecule has 4 aliphatic rings. The van der Waals surface area contributed by atoms with Crippen molar-refractivity contribution in [2.75, 3.05) is 0 Å². The Hall–Kier alpha value is -17.7. The first-order chi connectivity index (χ1) is 69.0. The minimum atomic E-state index is 1.05. The fourth-order valence-electron chi connectivity index (χ4n) is 24.3. The Kier molecular flexibility index (Phi) is 16.6. The molecule has 0 aromatic heterocycles. The molecule has 644 valence electrons. The van der Waals surface area contributed by atoms with E-state index in [0.29, 0.717) is 0 Å². The number of fused-ring (bicyclic) bond motifs is 30. The molecule has 0 unspecified atom stereocenters. The highest BCUT2D eigenvalue weighted by Crippen LogP contribution is 2.44. The normalized spacial score (nSPS) is 13.2. The van der Waals surface area contributed by atoms with Crippen molar-refractivity contribution in [2.45, 2.75) is 25.7 Å². The van der Waals surface area contributed by atoms with Gasteiger partial charge < -0.3 is 0 Å². The van der Waals surface area contributed by atoms with Crippen molar-refractivity contribution in [3.05, 3.63) is 481 Å². The molecule has 0 heteroatoms. The van der Waals surface area contributed by atoms with Crippen LogP contribution in [0.5, 0.6) is 0 Å². The molecule has 0 aliphatic heterocycles. The first kappa shape index (κ1) is 77.6. The second-order valence-electron chi connectivity index (χ2n) is 40.4. The minimum absolute atomic E-state index is 1.05. The lowest BCUT2D eigenvalue weighted by Crippen LogP contribution is -1.85. The van der Waals surface area contributed by atoms with E-state index < -0.39 is 0 Å². The van der Waals surface area contributed by atoms with Crippen LogP contribution in [0.25, 0.3) is 304 Å². The van der Waals surface area contributed by atoms with Crippen LogP contribution in [-0.2, 0) is 25.7 Å². The molecule has 30 aromatic rings. The van der Waals surface area contributed by atoms with Gasteiger partial charge in [-0.3, -0.25) is 0 Å². The first-order valence-electron chi connectivity index (χ1n) is 49.4. The zero-order chi connectivity index (χ0) is 91.2. The SMILES string of the molecule is C1=Cc2cc3cc4cc5cc6cc7cc8cc9cc%10ccccc%10cc9cc8cc7cc6cc5cc4cc3cc2C1.C1=Cc2cc3cc4cc5cc6cc7cc8cc9ccccc9cc8cc7cc6cc5cc4cc3cc2C1.C1=Cc2cc3cc4cc5cc6cc7cc8ccccc8cc7cc6cc5cc4cc3cc2C1.C1=Cc2cc3cc4cc5cc6cc7ccccc7cc6cc5cc4cc3cc2C1. The lowest BCUT2D eigenvalue weighted by atomic mass is 9.94. The third kappa shape index (κ3) is 13.0. The van der Waals surface area contributed by atoms with Gasteiger partial charge in [0.15, 0.2) is 0 Å². The molecular formula is C140H84. The van der Waals surface area contributed by atoms with Gasteiger partial charge in [-0.1, -0.05) is 170 Å². The third-order valence-corrected chi connectivity index (χ3v) is 31.6. The molecule has 4 aliphatic carbocycles. The van der Waals surface area contributed by atoms with Gasteiger partial charge in [0.25, 0.3) is 0 Å². The van der Waals surface area contributed by atoms with Crippen LogP contribution in [-0.4, -0.2) is 0 Å². The third-order valence-electron chi connectivity index (χ3n) is 31.6. The summed E-state index contributed by atoms with van der Waals surface area (Å²) in [6.45, 7) is 0. The molecule has 30 aromatic carbocycles. The molecule has 0 saturated carbocycles. The summed E-state index contributed by atoms with van der Waals surface area (Å²) in [6, 6.07) is 157. The van der Waals surface area contributed by atoms with Crippen molar-refractivity contribution in [1.82, 2.24) is 0 Å². The Morgan fingerprint density at radius 3 is 0.279 bits per heavy atom. The van der Waals surface area contributed by atoms with E-state index in [2.05, 4.69) is 461 Å². The van der Waals surface area contributed by atoms with E-state index in [-0.39, 0.29) is 0 Å². The van der Waals surface area contributed by atoms with E-state index in [1.54, 1.807) is 0 Å². The second kappa shape index (κ2) is 29.9. The lowest BCUT2D eigenvalue weighted by molar-refractivity contribution is 1.32. The van der Waals surface area contributed by atoms with Crippen molar-refractivity contribution in [2.24, 2.45) is 0 Å². The molecule has 0 fully saturated rings. The molecule has 0 nitrogen and oxygen atoms in total. The van der Waals surface area contributed by atoms with Crippen molar-refractivity contribution < 1.29 is 0 Å². The standard InChI is InChI=1S/C41H24.C37H22.C33H20.C29H18/c1-2-5-25-9-29-13-33-17-37-21-41-23-39-19-35-15-31-11-27-7-3-6-26(27)10-30(31)14-34(35)18-38(39)22-40(41)20-36(37)16-32(33)12-28(29)8-24(25)4-1;1-2-5-23-9-27-13-31-17-35-21-37-19-33-15-29-11-25-7-3-6-24(25)10-28(29)14-32(33)18-36(37)20-34(35)16-30(31)12-26(27)8-22(23)4-1;1-2-5-21-9-25-13-29-17-33-19-31-15-27-11-23-7-3-6-22(23)10-26(27)14-30(31)18-32(33)16-28(29)12-24(25)8-20(21)4-1;1-2-5-19-9-23-13-27-17-29-15-25-11-21-7-3-6-20(21)10-24(25)14-28(29)16-26(27)12-22(23)8-18(19)4-1/h1-6,8-23H,7H2;1-6,8-21H,7H2;1-6,8-19H,7H2;1-6,8-17H,7H2. The predicted octanol–water partition coefficient (Wildman–Crippen LogP) is 39.0. The van der Waals surface area contributed by atoms with Crippen LogP contribution < -0.4 is 0 Å². The maximum Gasteiger partial charge on any atom is -0.00880 e. The molecule has 140 heavy (non-hydrogen) atoms. The highest BCUT2D eigenvalue weighted by molar-refractivity contribution is 6.20. The number of hydrogen-bond acceptors (Lipinski definition) is 0. The van der Waals surface area contributed by atoms with Gasteiger partial charge >= 0.3 is 0 Å². The smallest absolute Gasteiger partial charge is 0.00880 e. The van der Waals surface area contributed by atoms with Crippen LogP contribution in [0.1, 0.15) is 44.5 Å². The van der Waals surface area contributed by atoms with Crippen molar-refractivity contribution in [3.8, 4) is 0 Å². The molecule has 0 spiro atoms.